The number of hydrogen-bond acceptors (Lipinski definition) is 5. The first kappa shape index (κ1) is 16.2. The van der Waals surface area contributed by atoms with Gasteiger partial charge in [0.15, 0.2) is 0 Å². The molecule has 0 aliphatic rings. The van der Waals surface area contributed by atoms with Crippen LogP contribution in [0.2, 0.25) is 0 Å². The molecule has 0 aliphatic carbocycles. The summed E-state index contributed by atoms with van der Waals surface area (Å²) in [6.07, 6.45) is 2.27. The van der Waals surface area contributed by atoms with Crippen LogP contribution in [0.1, 0.15) is 13.3 Å². The number of nitrogens with one attached hydrogen (secondary N) is 1. The van der Waals surface area contributed by atoms with Crippen molar-refractivity contribution in [2.75, 3.05) is 4.72 Å². The molecule has 9 heteroatoms. The fourth-order valence-electron chi connectivity index (χ4n) is 2.45. The molecule has 0 spiro atoms. The molecule has 0 bridgehead atoms. The zero-order valence-corrected chi connectivity index (χ0v) is 14.1. The van der Waals surface area contributed by atoms with Crippen LogP contribution in [0.3, 0.4) is 0 Å². The van der Waals surface area contributed by atoms with Crippen molar-refractivity contribution >= 4 is 26.7 Å². The van der Waals surface area contributed by atoms with Gasteiger partial charge in [-0.05, 0) is 24.6 Å². The highest BCUT2D eigenvalue weighted by molar-refractivity contribution is 7.93. The quantitative estimate of drug-likeness (QED) is 0.751. The summed E-state index contributed by atoms with van der Waals surface area (Å²) in [5.74, 6) is 0. The van der Waals surface area contributed by atoms with Gasteiger partial charge in [0, 0.05) is 25.9 Å². The SMILES string of the molecule is CCCn1cc(NS(=O)(=O)c2cccc3nn(C)nc23)ccc1=O. The minimum Gasteiger partial charge on any atom is -0.313 e. The van der Waals surface area contributed by atoms with Crippen molar-refractivity contribution in [1.29, 1.82) is 0 Å². The van der Waals surface area contributed by atoms with Gasteiger partial charge in [-0.1, -0.05) is 13.0 Å². The number of aromatic nitrogens is 4. The summed E-state index contributed by atoms with van der Waals surface area (Å²) < 4.78 is 29.4. The third-order valence-electron chi connectivity index (χ3n) is 3.46. The van der Waals surface area contributed by atoms with E-state index in [0.717, 1.165) is 6.42 Å². The van der Waals surface area contributed by atoms with Gasteiger partial charge in [-0.25, -0.2) is 8.42 Å². The van der Waals surface area contributed by atoms with Crippen LogP contribution in [0.4, 0.5) is 5.69 Å². The van der Waals surface area contributed by atoms with Crippen LogP contribution in [0.25, 0.3) is 11.0 Å². The van der Waals surface area contributed by atoms with E-state index in [4.69, 9.17) is 0 Å². The van der Waals surface area contributed by atoms with Crippen LogP contribution in [-0.2, 0) is 23.6 Å². The van der Waals surface area contributed by atoms with E-state index < -0.39 is 10.0 Å². The first-order valence-corrected chi connectivity index (χ1v) is 8.92. The van der Waals surface area contributed by atoms with Gasteiger partial charge in [-0.3, -0.25) is 9.52 Å². The van der Waals surface area contributed by atoms with Crippen molar-refractivity contribution in [1.82, 2.24) is 19.6 Å². The normalized spacial score (nSPS) is 11.8. The van der Waals surface area contributed by atoms with Crippen molar-refractivity contribution in [2.45, 2.75) is 24.8 Å². The summed E-state index contributed by atoms with van der Waals surface area (Å²) in [6.45, 7) is 2.46. The summed E-state index contributed by atoms with van der Waals surface area (Å²) in [5, 5.41) is 8.23. The van der Waals surface area contributed by atoms with E-state index in [1.807, 2.05) is 6.92 Å². The molecule has 8 nitrogen and oxygen atoms in total. The molecule has 3 rings (SSSR count). The predicted octanol–water partition coefficient (Wildman–Crippen LogP) is 1.34. The highest BCUT2D eigenvalue weighted by Crippen LogP contribution is 2.22. The summed E-state index contributed by atoms with van der Waals surface area (Å²) in [5.41, 5.74) is 0.950. The zero-order valence-electron chi connectivity index (χ0n) is 13.3. The maximum absolute atomic E-state index is 12.7. The third-order valence-corrected chi connectivity index (χ3v) is 4.88. The number of anilines is 1. The van der Waals surface area contributed by atoms with E-state index in [1.165, 1.54) is 33.8 Å². The molecule has 2 heterocycles. The Bertz CT molecular complexity index is 1050. The van der Waals surface area contributed by atoms with Crippen molar-refractivity contribution < 1.29 is 8.42 Å². The highest BCUT2D eigenvalue weighted by atomic mass is 32.2. The van der Waals surface area contributed by atoms with Gasteiger partial charge in [0.05, 0.1) is 5.69 Å². The van der Waals surface area contributed by atoms with Crippen molar-refractivity contribution in [3.8, 4) is 0 Å². The second-order valence-electron chi connectivity index (χ2n) is 5.37. The van der Waals surface area contributed by atoms with Gasteiger partial charge >= 0.3 is 0 Å². The Morgan fingerprint density at radius 2 is 1.96 bits per heavy atom. The van der Waals surface area contributed by atoms with Crippen LogP contribution in [-0.4, -0.2) is 28.0 Å². The van der Waals surface area contributed by atoms with E-state index in [2.05, 4.69) is 14.9 Å². The minimum atomic E-state index is -3.85. The molecular formula is C15H17N5O3S. The molecular weight excluding hydrogens is 330 g/mol. The standard InChI is InChI=1S/C15H17N5O3S/c1-3-9-20-10-11(7-8-14(20)21)18-24(22,23)13-6-4-5-12-15(13)17-19(2)16-12/h4-8,10,18H,3,9H2,1-2H3. The van der Waals surface area contributed by atoms with Crippen LogP contribution < -0.4 is 10.3 Å². The molecule has 3 aromatic rings. The number of pyridine rings is 1. The van der Waals surface area contributed by atoms with Crippen LogP contribution >= 0.6 is 0 Å². The Labute approximate surface area is 138 Å². The molecule has 0 saturated heterocycles. The van der Waals surface area contributed by atoms with Gasteiger partial charge < -0.3 is 4.57 Å². The molecule has 1 N–H and O–H groups in total. The van der Waals surface area contributed by atoms with E-state index in [9.17, 15) is 13.2 Å². The molecule has 0 unspecified atom stereocenters. The number of aryl methyl sites for hydroxylation is 2. The fraction of sp³-hybridized carbons (Fsp3) is 0.267. The second kappa shape index (κ2) is 6.08. The lowest BCUT2D eigenvalue weighted by atomic mass is 10.3. The summed E-state index contributed by atoms with van der Waals surface area (Å²) >= 11 is 0. The second-order valence-corrected chi connectivity index (χ2v) is 7.02. The lowest BCUT2D eigenvalue weighted by Crippen LogP contribution is -2.20. The Morgan fingerprint density at radius 3 is 2.71 bits per heavy atom. The molecule has 0 amide bonds. The number of hydrogen-bond donors (Lipinski definition) is 1. The largest absolute Gasteiger partial charge is 0.313 e. The smallest absolute Gasteiger partial charge is 0.264 e. The van der Waals surface area contributed by atoms with Gasteiger partial charge in [-0.15, -0.1) is 0 Å². The fourth-order valence-corrected chi connectivity index (χ4v) is 3.65. The highest BCUT2D eigenvalue weighted by Gasteiger charge is 2.20. The van der Waals surface area contributed by atoms with E-state index in [1.54, 1.807) is 19.2 Å². The van der Waals surface area contributed by atoms with E-state index in [0.29, 0.717) is 23.3 Å². The van der Waals surface area contributed by atoms with Crippen LogP contribution in [0, 0.1) is 0 Å². The molecule has 0 radical (unpaired) electrons. The predicted molar refractivity (Wildman–Crippen MR) is 90.3 cm³/mol. The first-order valence-electron chi connectivity index (χ1n) is 7.44. The van der Waals surface area contributed by atoms with Crippen molar-refractivity contribution in [2.24, 2.45) is 7.05 Å². The molecule has 2 aromatic heterocycles. The number of rotatable bonds is 5. The average Bonchev–Trinajstić information content (AvgIpc) is 2.90. The first-order chi connectivity index (χ1) is 11.4. The van der Waals surface area contributed by atoms with Crippen molar-refractivity contribution in [3.05, 3.63) is 46.9 Å². The van der Waals surface area contributed by atoms with E-state index in [-0.39, 0.29) is 10.5 Å². The van der Waals surface area contributed by atoms with E-state index >= 15 is 0 Å². The summed E-state index contributed by atoms with van der Waals surface area (Å²) in [7, 11) is -2.22. The molecule has 0 fully saturated rings. The summed E-state index contributed by atoms with van der Waals surface area (Å²) in [4.78, 5) is 13.1. The number of sulfonamides is 1. The lowest BCUT2D eigenvalue weighted by Gasteiger charge is -2.10. The zero-order chi connectivity index (χ0) is 17.3. The molecule has 0 aliphatic heterocycles. The molecule has 24 heavy (non-hydrogen) atoms. The average molecular weight is 347 g/mol. The van der Waals surface area contributed by atoms with Gasteiger partial charge in [0.25, 0.3) is 15.6 Å². The van der Waals surface area contributed by atoms with Gasteiger partial charge in [0.2, 0.25) is 0 Å². The Kier molecular flexibility index (Phi) is 4.10. The maximum Gasteiger partial charge on any atom is 0.264 e. The number of benzene rings is 1. The Hall–Kier alpha value is -2.68. The molecule has 126 valence electrons. The molecule has 0 atom stereocenters. The topological polar surface area (TPSA) is 98.9 Å². The molecule has 1 aromatic carbocycles. The lowest BCUT2D eigenvalue weighted by molar-refractivity contribution is 0.601. The summed E-state index contributed by atoms with van der Waals surface area (Å²) in [6, 6.07) is 7.58. The minimum absolute atomic E-state index is 0.0429. The Morgan fingerprint density at radius 1 is 1.17 bits per heavy atom. The van der Waals surface area contributed by atoms with Gasteiger partial charge in [-0.2, -0.15) is 15.0 Å². The maximum atomic E-state index is 12.7. The monoisotopic (exact) mass is 347 g/mol. The Balaban J connectivity index is 2.02. The third kappa shape index (κ3) is 3.02. The van der Waals surface area contributed by atoms with Crippen molar-refractivity contribution in [3.63, 3.8) is 0 Å². The molecule has 0 saturated carbocycles. The van der Waals surface area contributed by atoms with Crippen LogP contribution in [0.5, 0.6) is 0 Å². The number of nitrogens with zero attached hydrogens (tertiary/aromatic N) is 4. The van der Waals surface area contributed by atoms with Crippen LogP contribution in [0.15, 0.2) is 46.2 Å². The van der Waals surface area contributed by atoms with Gasteiger partial charge in [0.1, 0.15) is 15.9 Å². The number of fused-ring (bicyclic) bond motifs is 1.